The molecule has 0 radical (unpaired) electrons. The van der Waals surface area contributed by atoms with E-state index in [1.165, 1.54) is 11.1 Å². The van der Waals surface area contributed by atoms with E-state index in [4.69, 9.17) is 4.52 Å². The zero-order valence-corrected chi connectivity index (χ0v) is 17.1. The Hall–Kier alpha value is -3.39. The minimum atomic E-state index is -0.766. The van der Waals surface area contributed by atoms with Crippen molar-refractivity contribution in [1.82, 2.24) is 19.9 Å². The quantitative estimate of drug-likeness (QED) is 0.633. The standard InChI is InChI=1S/C22H25N5O3/c1-15-12-20(25-30-15)24-22(29)21(28)23-13-19(18-8-5-10-26(18)2)27-11-9-16-6-3-4-7-17(16)14-27/h3-8,10,12,19H,9,11,13-14H2,1-2H3,(H,23,28)(H,24,25,29)/t19-/m0/s1. The van der Waals surface area contributed by atoms with Gasteiger partial charge in [-0.25, -0.2) is 0 Å². The highest BCUT2D eigenvalue weighted by molar-refractivity contribution is 6.39. The summed E-state index contributed by atoms with van der Waals surface area (Å²) < 4.78 is 6.96. The number of benzene rings is 1. The summed E-state index contributed by atoms with van der Waals surface area (Å²) in [4.78, 5) is 26.9. The first-order valence-electron chi connectivity index (χ1n) is 9.96. The Morgan fingerprint density at radius 3 is 2.67 bits per heavy atom. The second kappa shape index (κ2) is 8.54. The lowest BCUT2D eigenvalue weighted by Crippen LogP contribution is -2.44. The lowest BCUT2D eigenvalue weighted by Gasteiger charge is -2.36. The average molecular weight is 407 g/mol. The molecule has 2 aromatic heterocycles. The number of hydrogen-bond donors (Lipinski definition) is 2. The molecule has 0 saturated heterocycles. The van der Waals surface area contributed by atoms with E-state index in [9.17, 15) is 9.59 Å². The highest BCUT2D eigenvalue weighted by Gasteiger charge is 2.27. The van der Waals surface area contributed by atoms with Crippen molar-refractivity contribution in [1.29, 1.82) is 0 Å². The van der Waals surface area contributed by atoms with E-state index in [-0.39, 0.29) is 11.9 Å². The van der Waals surface area contributed by atoms with Crippen LogP contribution in [0.3, 0.4) is 0 Å². The fraction of sp³-hybridized carbons (Fsp3) is 0.318. The summed E-state index contributed by atoms with van der Waals surface area (Å²) in [7, 11) is 1.99. The van der Waals surface area contributed by atoms with Gasteiger partial charge in [0.15, 0.2) is 5.82 Å². The van der Waals surface area contributed by atoms with Gasteiger partial charge in [-0.05, 0) is 36.6 Å². The van der Waals surface area contributed by atoms with Crippen molar-refractivity contribution in [3.05, 3.63) is 71.2 Å². The van der Waals surface area contributed by atoms with Gasteiger partial charge in [0.2, 0.25) is 0 Å². The van der Waals surface area contributed by atoms with Crippen LogP contribution in [-0.2, 0) is 29.6 Å². The van der Waals surface area contributed by atoms with Gasteiger partial charge in [-0.1, -0.05) is 29.4 Å². The molecule has 8 nitrogen and oxygen atoms in total. The Balaban J connectivity index is 1.45. The minimum absolute atomic E-state index is 0.0515. The summed E-state index contributed by atoms with van der Waals surface area (Å²) in [6.07, 6.45) is 2.94. The van der Waals surface area contributed by atoms with Crippen molar-refractivity contribution in [3.63, 3.8) is 0 Å². The van der Waals surface area contributed by atoms with Gasteiger partial charge in [-0.3, -0.25) is 19.8 Å². The van der Waals surface area contributed by atoms with Crippen molar-refractivity contribution < 1.29 is 14.1 Å². The van der Waals surface area contributed by atoms with Gasteiger partial charge in [0.05, 0.1) is 6.04 Å². The topological polar surface area (TPSA) is 92.4 Å². The van der Waals surface area contributed by atoms with Crippen LogP contribution in [0.15, 0.2) is 53.2 Å². The molecule has 2 N–H and O–H groups in total. The van der Waals surface area contributed by atoms with Crippen molar-refractivity contribution in [2.75, 3.05) is 18.4 Å². The molecule has 156 valence electrons. The largest absolute Gasteiger partial charge is 0.360 e. The Kier molecular flexibility index (Phi) is 5.67. The van der Waals surface area contributed by atoms with Gasteiger partial charge < -0.3 is 14.4 Å². The van der Waals surface area contributed by atoms with Crippen LogP contribution in [0.4, 0.5) is 5.82 Å². The number of nitrogens with zero attached hydrogens (tertiary/aromatic N) is 3. The normalized spacial score (nSPS) is 14.7. The summed E-state index contributed by atoms with van der Waals surface area (Å²) in [6, 6.07) is 14.0. The molecule has 2 amide bonds. The third kappa shape index (κ3) is 4.28. The highest BCUT2D eigenvalue weighted by Crippen LogP contribution is 2.27. The molecule has 0 aliphatic carbocycles. The SMILES string of the molecule is Cc1cc(NC(=O)C(=O)NC[C@@H](c2cccn2C)N2CCc3ccccc3C2)no1. The number of amides is 2. The van der Waals surface area contributed by atoms with Crippen LogP contribution in [0.2, 0.25) is 0 Å². The van der Waals surface area contributed by atoms with Crippen LogP contribution < -0.4 is 10.6 Å². The maximum Gasteiger partial charge on any atom is 0.314 e. The monoisotopic (exact) mass is 407 g/mol. The summed E-state index contributed by atoms with van der Waals surface area (Å²) in [5, 5.41) is 8.91. The molecule has 8 heteroatoms. The van der Waals surface area contributed by atoms with E-state index < -0.39 is 11.8 Å². The van der Waals surface area contributed by atoms with E-state index >= 15 is 0 Å². The van der Waals surface area contributed by atoms with Crippen LogP contribution in [0.1, 0.15) is 28.6 Å². The third-order valence-corrected chi connectivity index (χ3v) is 5.46. The number of nitrogens with one attached hydrogen (secondary N) is 2. The maximum absolute atomic E-state index is 12.4. The summed E-state index contributed by atoms with van der Waals surface area (Å²) in [6.45, 7) is 3.72. The van der Waals surface area contributed by atoms with E-state index in [2.05, 4.69) is 55.6 Å². The number of carbonyl (C=O) groups excluding carboxylic acids is 2. The van der Waals surface area contributed by atoms with E-state index in [0.29, 0.717) is 12.3 Å². The van der Waals surface area contributed by atoms with Crippen LogP contribution in [0.25, 0.3) is 0 Å². The van der Waals surface area contributed by atoms with E-state index in [1.54, 1.807) is 13.0 Å². The van der Waals surface area contributed by atoms with Crippen LogP contribution >= 0.6 is 0 Å². The maximum atomic E-state index is 12.4. The molecule has 1 aliphatic rings. The number of hydrogen-bond acceptors (Lipinski definition) is 5. The predicted molar refractivity (Wildman–Crippen MR) is 112 cm³/mol. The Morgan fingerprint density at radius 2 is 1.97 bits per heavy atom. The molecule has 30 heavy (non-hydrogen) atoms. The summed E-state index contributed by atoms with van der Waals surface area (Å²) >= 11 is 0. The lowest BCUT2D eigenvalue weighted by molar-refractivity contribution is -0.136. The predicted octanol–water partition coefficient (Wildman–Crippen LogP) is 2.18. The lowest BCUT2D eigenvalue weighted by atomic mass is 9.98. The van der Waals surface area contributed by atoms with Crippen molar-refractivity contribution in [2.45, 2.75) is 25.9 Å². The number of fused-ring (bicyclic) bond motifs is 1. The zero-order chi connectivity index (χ0) is 21.1. The van der Waals surface area contributed by atoms with Gasteiger partial charge in [0.25, 0.3) is 0 Å². The van der Waals surface area contributed by atoms with E-state index in [1.807, 2.05) is 19.3 Å². The third-order valence-electron chi connectivity index (χ3n) is 5.46. The second-order valence-corrected chi connectivity index (χ2v) is 7.54. The molecule has 4 rings (SSSR count). The zero-order valence-electron chi connectivity index (χ0n) is 17.1. The summed E-state index contributed by atoms with van der Waals surface area (Å²) in [5.74, 6) is -0.690. The molecule has 0 bridgehead atoms. The number of aryl methyl sites for hydroxylation is 2. The Labute approximate surface area is 174 Å². The fourth-order valence-electron chi connectivity index (χ4n) is 3.89. The molecule has 0 saturated carbocycles. The van der Waals surface area contributed by atoms with Gasteiger partial charge in [0, 0.05) is 44.6 Å². The fourth-order valence-corrected chi connectivity index (χ4v) is 3.89. The first-order valence-corrected chi connectivity index (χ1v) is 9.96. The smallest absolute Gasteiger partial charge is 0.314 e. The average Bonchev–Trinajstić information content (AvgIpc) is 3.35. The molecule has 3 heterocycles. The number of rotatable bonds is 5. The molecule has 1 aliphatic heterocycles. The Morgan fingerprint density at radius 1 is 1.17 bits per heavy atom. The Bertz CT molecular complexity index is 1050. The molecule has 0 fully saturated rings. The molecule has 0 unspecified atom stereocenters. The molecular formula is C22H25N5O3. The van der Waals surface area contributed by atoms with Crippen LogP contribution in [0.5, 0.6) is 0 Å². The van der Waals surface area contributed by atoms with E-state index in [0.717, 1.165) is 25.2 Å². The first kappa shape index (κ1) is 19.9. The van der Waals surface area contributed by atoms with Crippen molar-refractivity contribution >= 4 is 17.6 Å². The number of aromatic nitrogens is 2. The summed E-state index contributed by atoms with van der Waals surface area (Å²) in [5.41, 5.74) is 3.75. The number of anilines is 1. The second-order valence-electron chi connectivity index (χ2n) is 7.54. The molecule has 1 atom stereocenters. The van der Waals surface area contributed by atoms with Gasteiger partial charge >= 0.3 is 11.8 Å². The molecule has 3 aromatic rings. The van der Waals surface area contributed by atoms with Crippen molar-refractivity contribution in [2.24, 2.45) is 7.05 Å². The molecule has 1 aromatic carbocycles. The minimum Gasteiger partial charge on any atom is -0.360 e. The van der Waals surface area contributed by atoms with Crippen molar-refractivity contribution in [3.8, 4) is 0 Å². The van der Waals surface area contributed by atoms with Gasteiger partial charge in [-0.2, -0.15) is 0 Å². The number of carbonyl (C=O) groups is 2. The first-order chi connectivity index (χ1) is 14.5. The highest BCUT2D eigenvalue weighted by atomic mass is 16.5. The van der Waals surface area contributed by atoms with Gasteiger partial charge in [0.1, 0.15) is 5.76 Å². The van der Waals surface area contributed by atoms with Crippen LogP contribution in [0, 0.1) is 6.92 Å². The molecular weight excluding hydrogens is 382 g/mol. The van der Waals surface area contributed by atoms with Gasteiger partial charge in [-0.15, -0.1) is 0 Å². The molecule has 0 spiro atoms. The van der Waals surface area contributed by atoms with Crippen LogP contribution in [-0.4, -0.2) is 39.5 Å².